The molecule has 0 N–H and O–H groups in total. The number of carbonyl (C=O) groups excluding carboxylic acids is 1. The molecule has 0 atom stereocenters. The molecular formula is C26H35ClN4O2. The highest BCUT2D eigenvalue weighted by molar-refractivity contribution is 6.31. The molecule has 6 nitrogen and oxygen atoms in total. The molecule has 2 aliphatic rings. The fourth-order valence-corrected chi connectivity index (χ4v) is 4.88. The van der Waals surface area contributed by atoms with Crippen molar-refractivity contribution in [3.8, 4) is 5.75 Å². The minimum Gasteiger partial charge on any atom is -0.496 e. The Balaban J connectivity index is 1.16. The third kappa shape index (κ3) is 6.70. The zero-order chi connectivity index (χ0) is 23.0. The molecule has 1 amide bonds. The molecule has 4 rings (SSSR count). The van der Waals surface area contributed by atoms with Gasteiger partial charge >= 0.3 is 0 Å². The Kier molecular flexibility index (Phi) is 8.62. The summed E-state index contributed by atoms with van der Waals surface area (Å²) in [5, 5.41) is 0.732. The fourth-order valence-electron chi connectivity index (χ4n) is 4.66. The number of hydrogen-bond donors (Lipinski definition) is 0. The van der Waals surface area contributed by atoms with Crippen LogP contribution in [-0.2, 0) is 17.8 Å². The number of hydrogen-bond acceptors (Lipinski definition) is 5. The summed E-state index contributed by atoms with van der Waals surface area (Å²) in [6.07, 6.45) is 1.09. The van der Waals surface area contributed by atoms with Gasteiger partial charge in [-0.05, 0) is 24.1 Å². The first-order chi connectivity index (χ1) is 16.1. The zero-order valence-electron chi connectivity index (χ0n) is 19.6. The van der Waals surface area contributed by atoms with Gasteiger partial charge in [-0.15, -0.1) is 0 Å². The molecule has 2 aromatic carbocycles. The molecule has 0 saturated carbocycles. The number of halogens is 1. The van der Waals surface area contributed by atoms with Crippen molar-refractivity contribution in [3.05, 3.63) is 64.7 Å². The van der Waals surface area contributed by atoms with Gasteiger partial charge in [-0.3, -0.25) is 14.6 Å². The van der Waals surface area contributed by atoms with Crippen LogP contribution in [0.5, 0.6) is 5.75 Å². The SMILES string of the molecule is COc1cccc(Cl)c1CN1CCN(C(=O)CN2CCN(CCc3ccccc3)CC2)CC1. The number of methoxy groups -OCH3 is 1. The van der Waals surface area contributed by atoms with Crippen LogP contribution in [0.4, 0.5) is 0 Å². The monoisotopic (exact) mass is 470 g/mol. The second-order valence-corrected chi connectivity index (χ2v) is 9.34. The summed E-state index contributed by atoms with van der Waals surface area (Å²) in [6.45, 7) is 9.61. The average Bonchev–Trinajstić information content (AvgIpc) is 2.86. The Morgan fingerprint density at radius 2 is 1.52 bits per heavy atom. The number of rotatable bonds is 8. The summed E-state index contributed by atoms with van der Waals surface area (Å²) in [5.41, 5.74) is 2.41. The molecule has 7 heteroatoms. The molecule has 178 valence electrons. The second kappa shape index (κ2) is 11.8. The Morgan fingerprint density at radius 3 is 2.21 bits per heavy atom. The van der Waals surface area contributed by atoms with Crippen molar-refractivity contribution in [2.75, 3.05) is 72.6 Å². The quantitative estimate of drug-likeness (QED) is 0.593. The number of benzene rings is 2. The third-order valence-electron chi connectivity index (χ3n) is 6.79. The molecule has 2 aliphatic heterocycles. The van der Waals surface area contributed by atoms with E-state index < -0.39 is 0 Å². The summed E-state index contributed by atoms with van der Waals surface area (Å²) in [5.74, 6) is 1.08. The molecule has 2 heterocycles. The highest BCUT2D eigenvalue weighted by atomic mass is 35.5. The number of piperazine rings is 2. The van der Waals surface area contributed by atoms with Crippen molar-refractivity contribution < 1.29 is 9.53 Å². The van der Waals surface area contributed by atoms with E-state index in [1.54, 1.807) is 7.11 Å². The topological polar surface area (TPSA) is 39.3 Å². The normalized spacial score (nSPS) is 18.4. The molecule has 0 bridgehead atoms. The van der Waals surface area contributed by atoms with Gasteiger partial charge in [0.2, 0.25) is 5.91 Å². The van der Waals surface area contributed by atoms with Crippen molar-refractivity contribution in [1.29, 1.82) is 0 Å². The van der Waals surface area contributed by atoms with Crippen LogP contribution in [0.3, 0.4) is 0 Å². The maximum Gasteiger partial charge on any atom is 0.236 e. The van der Waals surface area contributed by atoms with Crippen molar-refractivity contribution in [2.24, 2.45) is 0 Å². The van der Waals surface area contributed by atoms with Crippen molar-refractivity contribution in [3.63, 3.8) is 0 Å². The molecule has 2 fully saturated rings. The Bertz CT molecular complexity index is 894. The van der Waals surface area contributed by atoms with Gasteiger partial charge in [0.05, 0.1) is 13.7 Å². The lowest BCUT2D eigenvalue weighted by molar-refractivity contribution is -0.134. The standard InChI is InChI=1S/C26H35ClN4O2/c1-33-25-9-5-8-24(27)23(25)20-29-16-18-31(19-17-29)26(32)21-30-14-12-28(13-15-30)11-10-22-6-3-2-4-7-22/h2-9H,10-21H2,1H3. The van der Waals surface area contributed by atoms with Crippen LogP contribution in [0, 0.1) is 0 Å². The first kappa shape index (κ1) is 24.0. The van der Waals surface area contributed by atoms with Crippen LogP contribution in [-0.4, -0.2) is 98.1 Å². The van der Waals surface area contributed by atoms with E-state index in [-0.39, 0.29) is 5.91 Å². The molecular weight excluding hydrogens is 436 g/mol. The molecule has 33 heavy (non-hydrogen) atoms. The minimum absolute atomic E-state index is 0.253. The van der Waals surface area contributed by atoms with E-state index in [4.69, 9.17) is 16.3 Å². The Labute approximate surface area is 202 Å². The number of carbonyl (C=O) groups is 1. The smallest absolute Gasteiger partial charge is 0.236 e. The molecule has 0 unspecified atom stereocenters. The van der Waals surface area contributed by atoms with E-state index in [2.05, 4.69) is 45.0 Å². The summed E-state index contributed by atoms with van der Waals surface area (Å²) in [7, 11) is 1.68. The lowest BCUT2D eigenvalue weighted by atomic mass is 10.1. The first-order valence-corrected chi connectivity index (χ1v) is 12.3. The van der Waals surface area contributed by atoms with Gasteiger partial charge in [0.25, 0.3) is 0 Å². The molecule has 0 aromatic heterocycles. The van der Waals surface area contributed by atoms with Crippen LogP contribution in [0.1, 0.15) is 11.1 Å². The van der Waals surface area contributed by atoms with E-state index in [1.165, 1.54) is 5.56 Å². The first-order valence-electron chi connectivity index (χ1n) is 11.9. The van der Waals surface area contributed by atoms with Crippen LogP contribution >= 0.6 is 11.6 Å². The van der Waals surface area contributed by atoms with Crippen LogP contribution < -0.4 is 4.74 Å². The van der Waals surface area contributed by atoms with Gasteiger partial charge in [-0.1, -0.05) is 48.0 Å². The van der Waals surface area contributed by atoms with E-state index >= 15 is 0 Å². The van der Waals surface area contributed by atoms with Crippen molar-refractivity contribution in [2.45, 2.75) is 13.0 Å². The zero-order valence-corrected chi connectivity index (χ0v) is 20.3. The van der Waals surface area contributed by atoms with Gasteiger partial charge in [0, 0.05) is 76.0 Å². The molecule has 0 radical (unpaired) electrons. The fraction of sp³-hybridized carbons (Fsp3) is 0.500. The largest absolute Gasteiger partial charge is 0.496 e. The highest BCUT2D eigenvalue weighted by Gasteiger charge is 2.25. The maximum atomic E-state index is 12.9. The summed E-state index contributed by atoms with van der Waals surface area (Å²) in [6, 6.07) is 16.4. The van der Waals surface area contributed by atoms with E-state index in [0.717, 1.165) is 88.2 Å². The van der Waals surface area contributed by atoms with Crippen LogP contribution in [0.15, 0.2) is 48.5 Å². The van der Waals surface area contributed by atoms with Gasteiger partial charge in [0.1, 0.15) is 5.75 Å². The number of nitrogens with zero attached hydrogens (tertiary/aromatic N) is 4. The Hall–Kier alpha value is -2.12. The predicted octanol–water partition coefficient (Wildman–Crippen LogP) is 2.85. The second-order valence-electron chi connectivity index (χ2n) is 8.93. The van der Waals surface area contributed by atoms with Crippen LogP contribution in [0.2, 0.25) is 5.02 Å². The van der Waals surface area contributed by atoms with Gasteiger partial charge < -0.3 is 14.5 Å². The lowest BCUT2D eigenvalue weighted by Gasteiger charge is -2.38. The van der Waals surface area contributed by atoms with Crippen molar-refractivity contribution in [1.82, 2.24) is 19.6 Å². The average molecular weight is 471 g/mol. The highest BCUT2D eigenvalue weighted by Crippen LogP contribution is 2.28. The van der Waals surface area contributed by atoms with Crippen molar-refractivity contribution >= 4 is 17.5 Å². The predicted molar refractivity (Wildman–Crippen MR) is 133 cm³/mol. The van der Waals surface area contributed by atoms with Crippen LogP contribution in [0.25, 0.3) is 0 Å². The Morgan fingerprint density at radius 1 is 0.848 bits per heavy atom. The molecule has 2 aromatic rings. The van der Waals surface area contributed by atoms with Gasteiger partial charge in [-0.25, -0.2) is 0 Å². The minimum atomic E-state index is 0.253. The molecule has 2 saturated heterocycles. The van der Waals surface area contributed by atoms with E-state index in [9.17, 15) is 4.79 Å². The molecule has 0 aliphatic carbocycles. The summed E-state index contributed by atoms with van der Waals surface area (Å²) in [4.78, 5) is 22.1. The third-order valence-corrected chi connectivity index (χ3v) is 7.14. The lowest BCUT2D eigenvalue weighted by Crippen LogP contribution is -2.53. The summed E-state index contributed by atoms with van der Waals surface area (Å²) < 4.78 is 5.47. The molecule has 0 spiro atoms. The summed E-state index contributed by atoms with van der Waals surface area (Å²) >= 11 is 6.40. The van der Waals surface area contributed by atoms with E-state index in [1.807, 2.05) is 23.1 Å². The van der Waals surface area contributed by atoms with E-state index in [0.29, 0.717) is 6.54 Å². The van der Waals surface area contributed by atoms with Gasteiger partial charge in [0.15, 0.2) is 0 Å². The number of ether oxygens (including phenoxy) is 1. The maximum absolute atomic E-state index is 12.9. The van der Waals surface area contributed by atoms with Gasteiger partial charge in [-0.2, -0.15) is 0 Å². The number of amides is 1.